The number of anilines is 1. The molecule has 2 aromatic carbocycles. The predicted octanol–water partition coefficient (Wildman–Crippen LogP) is 3.37. The number of nitrogens with zero attached hydrogens (tertiary/aromatic N) is 1. The first-order valence-corrected chi connectivity index (χ1v) is 7.02. The Hall–Kier alpha value is -3.22. The van der Waals surface area contributed by atoms with Crippen LogP contribution < -0.4 is 19.9 Å². The molecule has 2 aromatic rings. The highest BCUT2D eigenvalue weighted by atomic mass is 16.6. The summed E-state index contributed by atoms with van der Waals surface area (Å²) in [6, 6.07) is 7.92. The average molecular weight is 330 g/mol. The van der Waals surface area contributed by atoms with E-state index < -0.39 is 4.92 Å². The molecule has 126 valence electrons. The third kappa shape index (κ3) is 3.57. The maximum atomic E-state index is 10.7. The van der Waals surface area contributed by atoms with Gasteiger partial charge >= 0.3 is 0 Å². The fourth-order valence-electron chi connectivity index (χ4n) is 2.21. The van der Waals surface area contributed by atoms with Crippen LogP contribution in [0.15, 0.2) is 30.3 Å². The lowest BCUT2D eigenvalue weighted by Crippen LogP contribution is -1.95. The summed E-state index contributed by atoms with van der Waals surface area (Å²) in [6.45, 7) is 0. The Morgan fingerprint density at radius 3 is 2.08 bits per heavy atom. The largest absolute Gasteiger partial charge is 0.493 e. The topological polar surface area (TPSA) is 96.9 Å². The number of hydrogen-bond donors (Lipinski definition) is 1. The highest BCUT2D eigenvalue weighted by molar-refractivity contribution is 5.78. The zero-order valence-corrected chi connectivity index (χ0v) is 13.6. The van der Waals surface area contributed by atoms with Crippen LogP contribution in [-0.2, 0) is 0 Å². The molecule has 0 unspecified atom stereocenters. The van der Waals surface area contributed by atoms with Crippen LogP contribution in [0.1, 0.15) is 11.1 Å². The molecule has 0 amide bonds. The fraction of sp³-hybridized carbons (Fsp3) is 0.176. The number of nitro benzene ring substituents is 1. The van der Waals surface area contributed by atoms with Crippen molar-refractivity contribution in [3.63, 3.8) is 0 Å². The summed E-state index contributed by atoms with van der Waals surface area (Å²) in [5.41, 5.74) is 7.62. The number of rotatable bonds is 6. The molecule has 2 rings (SSSR count). The molecule has 0 fully saturated rings. The summed E-state index contributed by atoms with van der Waals surface area (Å²) >= 11 is 0. The highest BCUT2D eigenvalue weighted by Crippen LogP contribution is 2.38. The monoisotopic (exact) mass is 330 g/mol. The summed E-state index contributed by atoms with van der Waals surface area (Å²) in [6.07, 6.45) is 3.57. The first-order valence-electron chi connectivity index (χ1n) is 7.02. The molecule has 0 saturated heterocycles. The lowest BCUT2D eigenvalue weighted by atomic mass is 10.1. The van der Waals surface area contributed by atoms with E-state index in [9.17, 15) is 10.1 Å². The number of ether oxygens (including phenoxy) is 3. The van der Waals surface area contributed by atoms with E-state index in [-0.39, 0.29) is 5.69 Å². The van der Waals surface area contributed by atoms with E-state index in [0.29, 0.717) is 28.5 Å². The van der Waals surface area contributed by atoms with Crippen LogP contribution in [-0.4, -0.2) is 26.3 Å². The normalized spacial score (nSPS) is 10.6. The van der Waals surface area contributed by atoms with Crippen molar-refractivity contribution in [2.75, 3.05) is 27.1 Å². The van der Waals surface area contributed by atoms with Gasteiger partial charge < -0.3 is 19.9 Å². The maximum absolute atomic E-state index is 10.7. The van der Waals surface area contributed by atoms with E-state index in [1.165, 1.54) is 19.2 Å². The molecule has 24 heavy (non-hydrogen) atoms. The van der Waals surface area contributed by atoms with Crippen molar-refractivity contribution in [3.05, 3.63) is 51.6 Å². The molecule has 0 heterocycles. The summed E-state index contributed by atoms with van der Waals surface area (Å²) in [5, 5.41) is 10.7. The molecule has 0 atom stereocenters. The molecular formula is C17H18N2O5. The number of non-ortho nitro benzene ring substituents is 1. The Labute approximate surface area is 139 Å². The quantitative estimate of drug-likeness (QED) is 0.377. The van der Waals surface area contributed by atoms with Crippen LogP contribution >= 0.6 is 0 Å². The molecule has 0 aliphatic carbocycles. The predicted molar refractivity (Wildman–Crippen MR) is 92.5 cm³/mol. The van der Waals surface area contributed by atoms with Crippen molar-refractivity contribution >= 4 is 23.5 Å². The minimum absolute atomic E-state index is 0.0440. The minimum Gasteiger partial charge on any atom is -0.493 e. The van der Waals surface area contributed by atoms with Gasteiger partial charge in [0.2, 0.25) is 5.75 Å². The van der Waals surface area contributed by atoms with Crippen LogP contribution in [0.5, 0.6) is 17.2 Å². The molecule has 7 nitrogen and oxygen atoms in total. The molecule has 0 aliphatic rings. The minimum atomic E-state index is -0.483. The molecular weight excluding hydrogens is 312 g/mol. The lowest BCUT2D eigenvalue weighted by Gasteiger charge is -2.12. The van der Waals surface area contributed by atoms with Crippen LogP contribution in [0, 0.1) is 10.1 Å². The number of nitro groups is 1. The molecule has 2 N–H and O–H groups in total. The van der Waals surface area contributed by atoms with Gasteiger partial charge in [0, 0.05) is 17.8 Å². The second-order valence-electron chi connectivity index (χ2n) is 4.86. The molecule has 0 aromatic heterocycles. The summed E-state index contributed by atoms with van der Waals surface area (Å²) in [7, 11) is 4.62. The number of nitrogen functional groups attached to an aromatic ring is 1. The van der Waals surface area contributed by atoms with Gasteiger partial charge in [0.05, 0.1) is 26.3 Å². The van der Waals surface area contributed by atoms with Crippen molar-refractivity contribution in [2.45, 2.75) is 0 Å². The Kier molecular flexibility index (Phi) is 5.26. The second-order valence-corrected chi connectivity index (χ2v) is 4.86. The van der Waals surface area contributed by atoms with Crippen molar-refractivity contribution < 1.29 is 19.1 Å². The zero-order valence-electron chi connectivity index (χ0n) is 13.6. The van der Waals surface area contributed by atoms with E-state index in [2.05, 4.69) is 0 Å². The van der Waals surface area contributed by atoms with Gasteiger partial charge in [0.15, 0.2) is 11.5 Å². The maximum Gasteiger partial charge on any atom is 0.271 e. The van der Waals surface area contributed by atoms with Gasteiger partial charge in [-0.3, -0.25) is 10.1 Å². The first kappa shape index (κ1) is 17.1. The van der Waals surface area contributed by atoms with E-state index in [0.717, 1.165) is 5.56 Å². The lowest BCUT2D eigenvalue weighted by molar-refractivity contribution is -0.384. The number of methoxy groups -OCH3 is 3. The van der Waals surface area contributed by atoms with Crippen LogP contribution in [0.3, 0.4) is 0 Å². The van der Waals surface area contributed by atoms with E-state index >= 15 is 0 Å². The van der Waals surface area contributed by atoms with Crippen LogP contribution in [0.4, 0.5) is 11.4 Å². The van der Waals surface area contributed by atoms with Gasteiger partial charge in [0.1, 0.15) is 0 Å². The molecule has 0 spiro atoms. The third-order valence-corrected chi connectivity index (χ3v) is 3.42. The van der Waals surface area contributed by atoms with Crippen LogP contribution in [0.2, 0.25) is 0 Å². The van der Waals surface area contributed by atoms with Gasteiger partial charge in [-0.25, -0.2) is 0 Å². The first-order chi connectivity index (χ1) is 11.5. The summed E-state index contributed by atoms with van der Waals surface area (Å²) in [5.74, 6) is 1.58. The molecule has 0 bridgehead atoms. The van der Waals surface area contributed by atoms with E-state index in [4.69, 9.17) is 19.9 Å². The Morgan fingerprint density at radius 1 is 1.00 bits per heavy atom. The zero-order chi connectivity index (χ0) is 17.7. The van der Waals surface area contributed by atoms with Gasteiger partial charge in [-0.15, -0.1) is 0 Å². The van der Waals surface area contributed by atoms with Gasteiger partial charge in [0.25, 0.3) is 5.69 Å². The smallest absolute Gasteiger partial charge is 0.271 e. The molecule has 7 heteroatoms. The van der Waals surface area contributed by atoms with Gasteiger partial charge in [-0.05, 0) is 29.3 Å². The Morgan fingerprint density at radius 2 is 1.62 bits per heavy atom. The average Bonchev–Trinajstić information content (AvgIpc) is 2.59. The Balaban J connectivity index is 2.37. The van der Waals surface area contributed by atoms with E-state index in [1.54, 1.807) is 38.5 Å². The highest BCUT2D eigenvalue weighted by Gasteiger charge is 2.12. The number of nitrogens with two attached hydrogens (primary N) is 1. The Bertz CT molecular complexity index is 762. The van der Waals surface area contributed by atoms with Crippen molar-refractivity contribution in [3.8, 4) is 17.2 Å². The molecule has 0 radical (unpaired) electrons. The number of benzene rings is 2. The summed E-state index contributed by atoms with van der Waals surface area (Å²) < 4.78 is 15.9. The molecule has 0 saturated carbocycles. The van der Waals surface area contributed by atoms with Crippen molar-refractivity contribution in [1.82, 2.24) is 0 Å². The standard InChI is InChI=1S/C17H18N2O5/c1-22-15-8-11(9-16(23-2)17(15)24-3)4-5-12-6-7-13(19(20)21)10-14(12)18/h4-10H,18H2,1-3H3/b5-4+. The third-order valence-electron chi connectivity index (χ3n) is 3.42. The van der Waals surface area contributed by atoms with Gasteiger partial charge in [-0.2, -0.15) is 0 Å². The van der Waals surface area contributed by atoms with Crippen molar-refractivity contribution in [1.29, 1.82) is 0 Å². The van der Waals surface area contributed by atoms with E-state index in [1.807, 2.05) is 6.08 Å². The van der Waals surface area contributed by atoms with Crippen LogP contribution in [0.25, 0.3) is 12.2 Å². The second kappa shape index (κ2) is 7.36. The fourth-order valence-corrected chi connectivity index (χ4v) is 2.21. The SMILES string of the molecule is COc1cc(/C=C/c2ccc([N+](=O)[O-])cc2N)cc(OC)c1OC. The van der Waals surface area contributed by atoms with Gasteiger partial charge in [-0.1, -0.05) is 12.2 Å². The molecule has 0 aliphatic heterocycles. The van der Waals surface area contributed by atoms with Crippen molar-refractivity contribution in [2.24, 2.45) is 0 Å². The number of hydrogen-bond acceptors (Lipinski definition) is 6. The summed E-state index contributed by atoms with van der Waals surface area (Å²) in [4.78, 5) is 10.3.